The predicted molar refractivity (Wildman–Crippen MR) is 117 cm³/mol. The minimum atomic E-state index is -0.219. The van der Waals surface area contributed by atoms with Crippen LogP contribution in [0.25, 0.3) is 0 Å². The number of hydrogen-bond acceptors (Lipinski definition) is 2. The summed E-state index contributed by atoms with van der Waals surface area (Å²) in [6.45, 7) is 12.7. The normalized spacial score (nSPS) is 22.7. The molecule has 1 atom stereocenters. The summed E-state index contributed by atoms with van der Waals surface area (Å²) in [5, 5.41) is 18.9. The highest BCUT2D eigenvalue weighted by Crippen LogP contribution is 2.40. The van der Waals surface area contributed by atoms with Crippen molar-refractivity contribution in [3.05, 3.63) is 82.5 Å². The first kappa shape index (κ1) is 23.1. The SMILES string of the molecule is CC1=C(/C=C/C(C)=C\C=C\C(C)=C\C=C\C=C(\C)CO)C(C)(C)CC(O)C1. The van der Waals surface area contributed by atoms with Crippen LogP contribution >= 0.6 is 0 Å². The summed E-state index contributed by atoms with van der Waals surface area (Å²) < 4.78 is 0. The van der Waals surface area contributed by atoms with Crippen molar-refractivity contribution in [2.24, 2.45) is 5.41 Å². The van der Waals surface area contributed by atoms with Crippen molar-refractivity contribution in [1.29, 1.82) is 0 Å². The monoisotopic (exact) mass is 368 g/mol. The highest BCUT2D eigenvalue weighted by Gasteiger charge is 2.31. The molecule has 0 aromatic carbocycles. The lowest BCUT2D eigenvalue weighted by molar-refractivity contribution is 0.116. The van der Waals surface area contributed by atoms with Crippen molar-refractivity contribution < 1.29 is 10.2 Å². The zero-order valence-electron chi connectivity index (χ0n) is 17.8. The largest absolute Gasteiger partial charge is 0.393 e. The number of rotatable bonds is 7. The van der Waals surface area contributed by atoms with Crippen LogP contribution in [0.4, 0.5) is 0 Å². The third kappa shape index (κ3) is 8.55. The van der Waals surface area contributed by atoms with Gasteiger partial charge in [0.15, 0.2) is 0 Å². The molecule has 0 heterocycles. The smallest absolute Gasteiger partial charge is 0.0642 e. The van der Waals surface area contributed by atoms with Gasteiger partial charge in [-0.05, 0) is 57.1 Å². The van der Waals surface area contributed by atoms with Crippen molar-refractivity contribution in [2.45, 2.75) is 60.5 Å². The lowest BCUT2D eigenvalue weighted by Crippen LogP contribution is -2.28. The summed E-state index contributed by atoms with van der Waals surface area (Å²) in [6, 6.07) is 0. The van der Waals surface area contributed by atoms with Gasteiger partial charge in [0.25, 0.3) is 0 Å². The van der Waals surface area contributed by atoms with Crippen LogP contribution in [0.2, 0.25) is 0 Å². The van der Waals surface area contributed by atoms with E-state index in [1.807, 2.05) is 31.2 Å². The van der Waals surface area contributed by atoms with E-state index in [-0.39, 0.29) is 18.1 Å². The molecule has 0 fully saturated rings. The Morgan fingerprint density at radius 1 is 1.00 bits per heavy atom. The summed E-state index contributed by atoms with van der Waals surface area (Å²) >= 11 is 0. The van der Waals surface area contributed by atoms with E-state index >= 15 is 0 Å². The summed E-state index contributed by atoms with van der Waals surface area (Å²) in [5.41, 5.74) is 5.95. The first-order valence-corrected chi connectivity index (χ1v) is 9.68. The molecule has 2 N–H and O–H groups in total. The molecule has 0 radical (unpaired) electrons. The zero-order chi connectivity index (χ0) is 20.4. The van der Waals surface area contributed by atoms with Gasteiger partial charge in [-0.3, -0.25) is 0 Å². The molecule has 0 spiro atoms. The molecule has 1 aliphatic rings. The van der Waals surface area contributed by atoms with Gasteiger partial charge in [-0.25, -0.2) is 0 Å². The van der Waals surface area contributed by atoms with Gasteiger partial charge in [0, 0.05) is 0 Å². The van der Waals surface area contributed by atoms with Crippen LogP contribution in [0.3, 0.4) is 0 Å². The molecule has 0 amide bonds. The van der Waals surface area contributed by atoms with Crippen LogP contribution in [-0.2, 0) is 0 Å². The molecule has 0 saturated heterocycles. The summed E-state index contributed by atoms with van der Waals surface area (Å²) in [4.78, 5) is 0. The third-order valence-electron chi connectivity index (χ3n) is 4.81. The van der Waals surface area contributed by atoms with Gasteiger partial charge in [0.1, 0.15) is 0 Å². The maximum atomic E-state index is 9.99. The predicted octanol–water partition coefficient (Wildman–Crippen LogP) is 5.98. The highest BCUT2D eigenvalue weighted by atomic mass is 16.3. The quantitative estimate of drug-likeness (QED) is 0.542. The molecular weight excluding hydrogens is 332 g/mol. The maximum Gasteiger partial charge on any atom is 0.0642 e. The van der Waals surface area contributed by atoms with Gasteiger partial charge in [0.2, 0.25) is 0 Å². The molecule has 1 aliphatic carbocycles. The molecule has 0 aromatic heterocycles. The van der Waals surface area contributed by atoms with E-state index in [1.54, 1.807) is 0 Å². The van der Waals surface area contributed by atoms with E-state index in [1.165, 1.54) is 16.7 Å². The van der Waals surface area contributed by atoms with Crippen LogP contribution in [-0.4, -0.2) is 22.9 Å². The van der Waals surface area contributed by atoms with E-state index in [2.05, 4.69) is 65.0 Å². The summed E-state index contributed by atoms with van der Waals surface area (Å²) in [6.07, 6.45) is 19.8. The van der Waals surface area contributed by atoms with Gasteiger partial charge in [-0.1, -0.05) is 85.3 Å². The Hall–Kier alpha value is -1.90. The molecular formula is C25H36O2. The lowest BCUT2D eigenvalue weighted by atomic mass is 9.71. The first-order chi connectivity index (χ1) is 12.7. The van der Waals surface area contributed by atoms with Crippen LogP contribution in [0.15, 0.2) is 82.5 Å². The Kier molecular flexibility index (Phi) is 9.48. The average Bonchev–Trinajstić information content (AvgIpc) is 2.56. The minimum absolute atomic E-state index is 0.0167. The van der Waals surface area contributed by atoms with Crippen LogP contribution < -0.4 is 0 Å². The van der Waals surface area contributed by atoms with E-state index in [4.69, 9.17) is 5.11 Å². The zero-order valence-corrected chi connectivity index (χ0v) is 17.8. The van der Waals surface area contributed by atoms with Crippen molar-refractivity contribution >= 4 is 0 Å². The van der Waals surface area contributed by atoms with E-state index in [0.717, 1.165) is 24.0 Å². The molecule has 1 unspecified atom stereocenters. The highest BCUT2D eigenvalue weighted by molar-refractivity contribution is 5.37. The fourth-order valence-corrected chi connectivity index (χ4v) is 3.34. The fourth-order valence-electron chi connectivity index (χ4n) is 3.34. The van der Waals surface area contributed by atoms with Gasteiger partial charge in [-0.2, -0.15) is 0 Å². The van der Waals surface area contributed by atoms with Crippen molar-refractivity contribution in [1.82, 2.24) is 0 Å². The maximum absolute atomic E-state index is 9.99. The van der Waals surface area contributed by atoms with E-state index in [9.17, 15) is 5.11 Å². The summed E-state index contributed by atoms with van der Waals surface area (Å²) in [5.74, 6) is 0. The van der Waals surface area contributed by atoms with Gasteiger partial charge in [-0.15, -0.1) is 0 Å². The minimum Gasteiger partial charge on any atom is -0.393 e. The Labute approximate surface area is 165 Å². The van der Waals surface area contributed by atoms with E-state index in [0.29, 0.717) is 0 Å². The molecule has 0 aliphatic heterocycles. The third-order valence-corrected chi connectivity index (χ3v) is 4.81. The Morgan fingerprint density at radius 2 is 1.59 bits per heavy atom. The van der Waals surface area contributed by atoms with Crippen LogP contribution in [0.1, 0.15) is 54.4 Å². The molecule has 0 bridgehead atoms. The van der Waals surface area contributed by atoms with Crippen molar-refractivity contribution in [2.75, 3.05) is 6.61 Å². The number of aliphatic hydroxyl groups excluding tert-OH is 2. The second-order valence-corrected chi connectivity index (χ2v) is 8.21. The van der Waals surface area contributed by atoms with Gasteiger partial charge < -0.3 is 10.2 Å². The Bertz CT molecular complexity index is 707. The van der Waals surface area contributed by atoms with Crippen LogP contribution in [0.5, 0.6) is 0 Å². The van der Waals surface area contributed by atoms with E-state index < -0.39 is 0 Å². The number of aliphatic hydroxyl groups is 2. The van der Waals surface area contributed by atoms with Crippen LogP contribution in [0, 0.1) is 5.41 Å². The summed E-state index contributed by atoms with van der Waals surface area (Å²) in [7, 11) is 0. The van der Waals surface area contributed by atoms with Gasteiger partial charge >= 0.3 is 0 Å². The fraction of sp³-hybridized carbons (Fsp3) is 0.440. The second kappa shape index (κ2) is 11.1. The standard InChI is InChI=1S/C25H36O2/c1-19(10-7-8-11-21(3)18-26)12-9-13-20(2)14-15-24-22(4)16-23(27)17-25(24,5)6/h7-15,23,26-27H,16-18H2,1-6H3/b8-7+,12-9+,15-14+,19-10+,20-13-,21-11-. The Balaban J connectivity index is 2.73. The Morgan fingerprint density at radius 3 is 2.22 bits per heavy atom. The average molecular weight is 369 g/mol. The van der Waals surface area contributed by atoms with Gasteiger partial charge in [0.05, 0.1) is 12.7 Å². The molecule has 2 heteroatoms. The molecule has 148 valence electrons. The second-order valence-electron chi connectivity index (χ2n) is 8.21. The molecule has 2 nitrogen and oxygen atoms in total. The van der Waals surface area contributed by atoms with Crippen molar-refractivity contribution in [3.63, 3.8) is 0 Å². The molecule has 1 rings (SSSR count). The molecule has 0 saturated carbocycles. The topological polar surface area (TPSA) is 40.5 Å². The van der Waals surface area contributed by atoms with Crippen molar-refractivity contribution in [3.8, 4) is 0 Å². The number of allylic oxidation sites excluding steroid dienone is 12. The molecule has 27 heavy (non-hydrogen) atoms. The molecule has 0 aromatic rings. The number of hydrogen-bond donors (Lipinski definition) is 2. The first-order valence-electron chi connectivity index (χ1n) is 9.68. The lowest BCUT2D eigenvalue weighted by Gasteiger charge is -2.35.